The van der Waals surface area contributed by atoms with Crippen molar-refractivity contribution in [1.29, 1.82) is 0 Å². The average Bonchev–Trinajstić information content (AvgIpc) is 2.87. The summed E-state index contributed by atoms with van der Waals surface area (Å²) >= 11 is 0. The van der Waals surface area contributed by atoms with Gasteiger partial charge in [0.15, 0.2) is 9.84 Å². The van der Waals surface area contributed by atoms with Crippen LogP contribution in [0.4, 0.5) is 10.5 Å². The van der Waals surface area contributed by atoms with E-state index in [2.05, 4.69) is 5.32 Å². The Morgan fingerprint density at radius 3 is 2.64 bits per heavy atom. The third-order valence-corrected chi connectivity index (χ3v) is 5.86. The molecule has 22 heavy (non-hydrogen) atoms. The van der Waals surface area contributed by atoms with E-state index >= 15 is 0 Å². The molecule has 6 heteroatoms. The van der Waals surface area contributed by atoms with Crippen LogP contribution in [-0.2, 0) is 9.84 Å². The van der Waals surface area contributed by atoms with Gasteiger partial charge in [-0.3, -0.25) is 0 Å². The first-order chi connectivity index (χ1) is 10.5. The van der Waals surface area contributed by atoms with Crippen LogP contribution in [0.25, 0.3) is 10.8 Å². The lowest BCUT2D eigenvalue weighted by Gasteiger charge is -2.24. The van der Waals surface area contributed by atoms with Crippen molar-refractivity contribution in [3.05, 3.63) is 42.5 Å². The molecule has 0 bridgehead atoms. The molecule has 0 aromatic heterocycles. The number of nitrogens with one attached hydrogen (secondary N) is 1. The molecule has 1 saturated heterocycles. The van der Waals surface area contributed by atoms with Gasteiger partial charge < -0.3 is 10.2 Å². The first-order valence-electron chi connectivity index (χ1n) is 7.18. The van der Waals surface area contributed by atoms with Crippen LogP contribution in [0.1, 0.15) is 6.42 Å². The normalized spacial score (nSPS) is 20.0. The second-order valence-corrected chi connectivity index (χ2v) is 7.85. The molecule has 2 amide bonds. The summed E-state index contributed by atoms with van der Waals surface area (Å²) < 4.78 is 23.1. The van der Waals surface area contributed by atoms with Gasteiger partial charge in [-0.25, -0.2) is 13.2 Å². The summed E-state index contributed by atoms with van der Waals surface area (Å²) in [6.45, 7) is 0. The maximum atomic E-state index is 12.4. The molecule has 1 aliphatic rings. The molecule has 2 aromatic rings. The van der Waals surface area contributed by atoms with Gasteiger partial charge in [0.1, 0.15) is 0 Å². The fourth-order valence-electron chi connectivity index (χ4n) is 2.78. The van der Waals surface area contributed by atoms with Crippen molar-refractivity contribution in [2.45, 2.75) is 12.5 Å². The van der Waals surface area contributed by atoms with Crippen molar-refractivity contribution < 1.29 is 13.2 Å². The Hall–Kier alpha value is -2.08. The van der Waals surface area contributed by atoms with Gasteiger partial charge in [-0.2, -0.15) is 0 Å². The highest BCUT2D eigenvalue weighted by Gasteiger charge is 2.32. The fourth-order valence-corrected chi connectivity index (χ4v) is 4.56. The van der Waals surface area contributed by atoms with Crippen LogP contribution < -0.4 is 5.32 Å². The van der Waals surface area contributed by atoms with Crippen molar-refractivity contribution in [2.24, 2.45) is 0 Å². The minimum absolute atomic E-state index is 0.0481. The van der Waals surface area contributed by atoms with Gasteiger partial charge in [-0.15, -0.1) is 0 Å². The highest BCUT2D eigenvalue weighted by Crippen LogP contribution is 2.24. The zero-order valence-electron chi connectivity index (χ0n) is 12.3. The van der Waals surface area contributed by atoms with Crippen molar-refractivity contribution in [2.75, 3.05) is 23.9 Å². The lowest BCUT2D eigenvalue weighted by molar-refractivity contribution is 0.209. The number of benzene rings is 2. The van der Waals surface area contributed by atoms with E-state index in [1.165, 1.54) is 4.90 Å². The molecule has 1 aliphatic heterocycles. The Kier molecular flexibility index (Phi) is 3.78. The number of hydrogen-bond acceptors (Lipinski definition) is 3. The molecule has 1 heterocycles. The zero-order valence-corrected chi connectivity index (χ0v) is 13.1. The van der Waals surface area contributed by atoms with Gasteiger partial charge in [-0.1, -0.05) is 36.4 Å². The fraction of sp³-hybridized carbons (Fsp3) is 0.312. The van der Waals surface area contributed by atoms with Gasteiger partial charge in [0, 0.05) is 18.5 Å². The summed E-state index contributed by atoms with van der Waals surface area (Å²) in [6, 6.07) is 13.0. The van der Waals surface area contributed by atoms with Crippen molar-refractivity contribution >= 4 is 32.3 Å². The van der Waals surface area contributed by atoms with Gasteiger partial charge in [-0.05, 0) is 17.9 Å². The Bertz CT molecular complexity index is 812. The number of amides is 2. The van der Waals surface area contributed by atoms with E-state index in [1.807, 2.05) is 42.5 Å². The molecule has 2 aromatic carbocycles. The molecule has 5 nitrogen and oxygen atoms in total. The van der Waals surface area contributed by atoms with Crippen molar-refractivity contribution in [3.8, 4) is 0 Å². The topological polar surface area (TPSA) is 66.5 Å². The molecular formula is C16H18N2O3S. The van der Waals surface area contributed by atoms with Gasteiger partial charge in [0.2, 0.25) is 0 Å². The quantitative estimate of drug-likeness (QED) is 0.925. The molecule has 3 rings (SSSR count). The molecule has 1 N–H and O–H groups in total. The SMILES string of the molecule is CN(C(=O)Nc1cccc2ccccc12)C1CCS(=O)(=O)C1. The second kappa shape index (κ2) is 5.61. The predicted octanol–water partition coefficient (Wildman–Crippen LogP) is 2.49. The van der Waals surface area contributed by atoms with Crippen LogP contribution >= 0.6 is 0 Å². The van der Waals surface area contributed by atoms with Crippen LogP contribution in [0, 0.1) is 0 Å². The third kappa shape index (κ3) is 2.92. The maximum absolute atomic E-state index is 12.4. The number of hydrogen-bond donors (Lipinski definition) is 1. The van der Waals surface area contributed by atoms with E-state index < -0.39 is 9.84 Å². The van der Waals surface area contributed by atoms with E-state index in [0.717, 1.165) is 16.5 Å². The Labute approximate surface area is 129 Å². The van der Waals surface area contributed by atoms with Crippen molar-refractivity contribution in [1.82, 2.24) is 4.90 Å². The number of carbonyl (C=O) groups excluding carboxylic acids is 1. The van der Waals surface area contributed by atoms with E-state index in [1.54, 1.807) is 7.05 Å². The summed E-state index contributed by atoms with van der Waals surface area (Å²) in [6.07, 6.45) is 0.502. The number of carbonyl (C=O) groups is 1. The number of anilines is 1. The molecule has 1 unspecified atom stereocenters. The highest BCUT2D eigenvalue weighted by molar-refractivity contribution is 7.91. The number of nitrogens with zero attached hydrogens (tertiary/aromatic N) is 1. The molecule has 1 atom stereocenters. The van der Waals surface area contributed by atoms with Crippen LogP contribution in [0.3, 0.4) is 0 Å². The zero-order chi connectivity index (χ0) is 15.7. The highest BCUT2D eigenvalue weighted by atomic mass is 32.2. The van der Waals surface area contributed by atoms with Gasteiger partial charge in [0.25, 0.3) is 0 Å². The Balaban J connectivity index is 1.79. The minimum Gasteiger partial charge on any atom is -0.324 e. The summed E-state index contributed by atoms with van der Waals surface area (Å²) in [7, 11) is -1.36. The molecule has 0 radical (unpaired) electrons. The summed E-state index contributed by atoms with van der Waals surface area (Å²) in [5.74, 6) is 0.204. The number of urea groups is 1. The Morgan fingerprint density at radius 1 is 1.18 bits per heavy atom. The molecule has 0 saturated carbocycles. The second-order valence-electron chi connectivity index (χ2n) is 5.62. The summed E-state index contributed by atoms with van der Waals surface area (Å²) in [5.41, 5.74) is 0.732. The first kappa shape index (κ1) is 14.8. The van der Waals surface area contributed by atoms with Crippen LogP contribution in [-0.4, -0.2) is 43.9 Å². The number of rotatable bonds is 2. The monoisotopic (exact) mass is 318 g/mol. The molecule has 0 spiro atoms. The number of sulfone groups is 1. The molecule has 116 valence electrons. The van der Waals surface area contributed by atoms with E-state index in [-0.39, 0.29) is 23.6 Å². The van der Waals surface area contributed by atoms with E-state index in [9.17, 15) is 13.2 Å². The Morgan fingerprint density at radius 2 is 1.91 bits per heavy atom. The van der Waals surface area contributed by atoms with Crippen LogP contribution in [0.2, 0.25) is 0 Å². The van der Waals surface area contributed by atoms with E-state index in [0.29, 0.717) is 6.42 Å². The van der Waals surface area contributed by atoms with Crippen LogP contribution in [0.5, 0.6) is 0 Å². The third-order valence-electron chi connectivity index (χ3n) is 4.11. The maximum Gasteiger partial charge on any atom is 0.321 e. The molecular weight excluding hydrogens is 300 g/mol. The van der Waals surface area contributed by atoms with Crippen molar-refractivity contribution in [3.63, 3.8) is 0 Å². The molecule has 1 fully saturated rings. The molecule has 0 aliphatic carbocycles. The predicted molar refractivity (Wildman–Crippen MR) is 87.8 cm³/mol. The standard InChI is InChI=1S/C16H18N2O3S/c1-18(13-9-10-22(20,21)11-13)16(19)17-15-8-4-6-12-5-2-3-7-14(12)15/h2-8,13H,9-11H2,1H3,(H,17,19). The largest absolute Gasteiger partial charge is 0.324 e. The average molecular weight is 318 g/mol. The lowest BCUT2D eigenvalue weighted by atomic mass is 10.1. The van der Waals surface area contributed by atoms with Crippen LogP contribution in [0.15, 0.2) is 42.5 Å². The summed E-state index contributed by atoms with van der Waals surface area (Å²) in [5, 5.41) is 4.89. The smallest absolute Gasteiger partial charge is 0.321 e. The van der Waals surface area contributed by atoms with Gasteiger partial charge >= 0.3 is 6.03 Å². The van der Waals surface area contributed by atoms with Gasteiger partial charge in [0.05, 0.1) is 17.2 Å². The number of fused-ring (bicyclic) bond motifs is 1. The summed E-state index contributed by atoms with van der Waals surface area (Å²) in [4.78, 5) is 13.9. The lowest BCUT2D eigenvalue weighted by Crippen LogP contribution is -2.40. The minimum atomic E-state index is -3.00. The first-order valence-corrected chi connectivity index (χ1v) is 9.00. The van der Waals surface area contributed by atoms with E-state index in [4.69, 9.17) is 0 Å².